The fourth-order valence-electron chi connectivity index (χ4n) is 12.1. The van der Waals surface area contributed by atoms with Crippen LogP contribution in [0.15, 0.2) is 183 Å². The van der Waals surface area contributed by atoms with Crippen LogP contribution in [0.25, 0.3) is 32.3 Å². The van der Waals surface area contributed by atoms with E-state index in [1.165, 1.54) is 0 Å². The Bertz CT molecular complexity index is 4260. The first kappa shape index (κ1) is 64.4. The Balaban J connectivity index is 1.29. The second kappa shape index (κ2) is 23.7. The molecular weight excluding hydrogens is 1150 g/mol. The minimum atomic E-state index is -0.149. The molecule has 0 aliphatic rings. The Morgan fingerprint density at radius 1 is 0.213 bits per heavy atom. The molecule has 0 amide bonds. The van der Waals surface area contributed by atoms with Crippen molar-refractivity contribution in [3.8, 4) is 0 Å². The molecular formula is C82H90N12. The number of aryl methyl sites for hydroxylation is 2. The standard InChI is InChI=1S/C82H90N12/c1-51-21-33-67(83-43-51)91(69-35-23-53(45-85-69)77(3,4)5)63-41-65(93(71-37-25-55(47-87-71)79(9,10)11)72-38-26-56(48-88-72)80(12,13)14)61-32-30-60-64(92(68-34-22-52(2)44-84-68)70-36-24-54(46-86-70)78(6,7)8)42-66(62-31-29-59(63)75(61)76(60)62)94(73-39-27-57(49-89-73)81(15,16)17)74-40-28-58(50-90-74)82(18,19)20/h21-50H,1-20H3. The maximum atomic E-state index is 5.40. The normalized spacial score (nSPS) is 12.7. The smallest absolute Gasteiger partial charge is 0.138 e. The Morgan fingerprint density at radius 3 is 0.521 bits per heavy atom. The van der Waals surface area contributed by atoms with Gasteiger partial charge in [-0.1, -0.05) is 197 Å². The van der Waals surface area contributed by atoms with E-state index in [4.69, 9.17) is 39.9 Å². The Morgan fingerprint density at radius 2 is 0.383 bits per heavy atom. The van der Waals surface area contributed by atoms with Crippen LogP contribution in [0.5, 0.6) is 0 Å². The van der Waals surface area contributed by atoms with Crippen molar-refractivity contribution in [2.45, 2.75) is 171 Å². The molecule has 0 radical (unpaired) electrons. The molecule has 8 heterocycles. The molecule has 0 spiro atoms. The summed E-state index contributed by atoms with van der Waals surface area (Å²) in [5, 5.41) is 5.87. The van der Waals surface area contributed by atoms with E-state index in [-0.39, 0.29) is 32.5 Å². The number of anilines is 12. The number of hydrogen-bond donors (Lipinski definition) is 0. The Labute approximate surface area is 556 Å². The predicted molar refractivity (Wildman–Crippen MR) is 393 cm³/mol. The molecule has 94 heavy (non-hydrogen) atoms. The molecule has 4 aromatic carbocycles. The minimum Gasteiger partial charge on any atom is -0.278 e. The minimum absolute atomic E-state index is 0.145. The van der Waals surface area contributed by atoms with Gasteiger partial charge in [0.05, 0.1) is 22.7 Å². The Hall–Kier alpha value is -9.68. The van der Waals surface area contributed by atoms with Crippen molar-refractivity contribution in [3.05, 3.63) is 228 Å². The summed E-state index contributed by atoms with van der Waals surface area (Å²) in [7, 11) is 0. The van der Waals surface area contributed by atoms with Crippen LogP contribution in [0.1, 0.15) is 169 Å². The van der Waals surface area contributed by atoms with Gasteiger partial charge >= 0.3 is 0 Å². The average molecular weight is 1240 g/mol. The van der Waals surface area contributed by atoms with Crippen LogP contribution >= 0.6 is 0 Å². The molecule has 0 N–H and O–H groups in total. The van der Waals surface area contributed by atoms with Gasteiger partial charge in [-0.15, -0.1) is 0 Å². The van der Waals surface area contributed by atoms with E-state index in [1.54, 1.807) is 0 Å². The summed E-state index contributed by atoms with van der Waals surface area (Å²) in [5.74, 6) is 5.67. The highest BCUT2D eigenvalue weighted by molar-refractivity contribution is 6.32. The van der Waals surface area contributed by atoms with Crippen molar-refractivity contribution in [2.24, 2.45) is 0 Å². The molecule has 0 aliphatic heterocycles. The maximum Gasteiger partial charge on any atom is 0.138 e. The van der Waals surface area contributed by atoms with Gasteiger partial charge < -0.3 is 0 Å². The molecule has 0 unspecified atom stereocenters. The highest BCUT2D eigenvalue weighted by Crippen LogP contribution is 2.55. The van der Waals surface area contributed by atoms with Crippen molar-refractivity contribution in [1.29, 1.82) is 0 Å². The molecule has 478 valence electrons. The molecule has 12 rings (SSSR count). The van der Waals surface area contributed by atoms with Gasteiger partial charge in [0.2, 0.25) is 0 Å². The van der Waals surface area contributed by atoms with Gasteiger partial charge in [0, 0.05) is 81.9 Å². The number of pyridine rings is 8. The number of benzene rings is 4. The zero-order chi connectivity index (χ0) is 67.2. The molecule has 8 aromatic heterocycles. The average Bonchev–Trinajstić information content (AvgIpc) is 0.701. The summed E-state index contributed by atoms with van der Waals surface area (Å²) in [6.45, 7) is 44.2. The quantitative estimate of drug-likeness (QED) is 0.108. The molecule has 12 heteroatoms. The van der Waals surface area contributed by atoms with E-state index >= 15 is 0 Å². The van der Waals surface area contributed by atoms with E-state index in [2.05, 4.69) is 292 Å². The lowest BCUT2D eigenvalue weighted by Crippen LogP contribution is -2.20. The van der Waals surface area contributed by atoms with E-state index in [9.17, 15) is 0 Å². The monoisotopic (exact) mass is 1240 g/mol. The van der Waals surface area contributed by atoms with Gasteiger partial charge in [-0.05, 0) is 152 Å². The lowest BCUT2D eigenvalue weighted by atomic mass is 9.88. The van der Waals surface area contributed by atoms with E-state index in [0.29, 0.717) is 46.5 Å². The third kappa shape index (κ3) is 12.5. The van der Waals surface area contributed by atoms with Crippen molar-refractivity contribution < 1.29 is 0 Å². The van der Waals surface area contributed by atoms with Gasteiger partial charge in [0.15, 0.2) is 0 Å². The molecule has 0 aliphatic carbocycles. The van der Waals surface area contributed by atoms with E-state index in [0.717, 1.165) is 99.6 Å². The molecule has 0 bridgehead atoms. The first-order chi connectivity index (χ1) is 44.2. The zero-order valence-electron chi connectivity index (χ0n) is 58.7. The number of nitrogens with zero attached hydrogens (tertiary/aromatic N) is 12. The highest BCUT2D eigenvalue weighted by atomic mass is 15.3. The molecule has 0 fully saturated rings. The molecule has 0 saturated heterocycles. The number of rotatable bonds is 12. The summed E-state index contributed by atoms with van der Waals surface area (Å²) in [6.07, 6.45) is 15.9. The summed E-state index contributed by atoms with van der Waals surface area (Å²) < 4.78 is 0. The van der Waals surface area contributed by atoms with Gasteiger partial charge in [0.25, 0.3) is 0 Å². The largest absolute Gasteiger partial charge is 0.278 e. The maximum absolute atomic E-state index is 5.40. The third-order valence-electron chi connectivity index (χ3n) is 18.1. The highest BCUT2D eigenvalue weighted by Gasteiger charge is 2.33. The predicted octanol–water partition coefficient (Wildman–Crippen LogP) is 22.0. The first-order valence-electron chi connectivity index (χ1n) is 32.9. The van der Waals surface area contributed by atoms with Crippen molar-refractivity contribution in [2.75, 3.05) is 19.6 Å². The second-order valence-electron chi connectivity index (χ2n) is 31.6. The van der Waals surface area contributed by atoms with Gasteiger partial charge in [-0.2, -0.15) is 0 Å². The number of hydrogen-bond acceptors (Lipinski definition) is 12. The van der Waals surface area contributed by atoms with Crippen LogP contribution in [0.4, 0.5) is 69.3 Å². The fourth-order valence-corrected chi connectivity index (χ4v) is 12.1. The summed E-state index contributed by atoms with van der Waals surface area (Å²) in [4.78, 5) is 51.7. The van der Waals surface area contributed by atoms with Crippen molar-refractivity contribution >= 4 is 102 Å². The first-order valence-corrected chi connectivity index (χ1v) is 32.9. The molecule has 0 atom stereocenters. The topological polar surface area (TPSA) is 116 Å². The number of aromatic nitrogens is 8. The van der Waals surface area contributed by atoms with E-state index in [1.807, 2.05) is 49.6 Å². The Kier molecular flexibility index (Phi) is 16.2. The third-order valence-corrected chi connectivity index (χ3v) is 18.1. The van der Waals surface area contributed by atoms with Crippen LogP contribution in [0.2, 0.25) is 0 Å². The second-order valence-corrected chi connectivity index (χ2v) is 31.6. The van der Waals surface area contributed by atoms with Crippen molar-refractivity contribution in [1.82, 2.24) is 39.9 Å². The SMILES string of the molecule is Cc1ccc(N(c2ccc(C(C)(C)C)cn2)c2cc(N(c3ccc(C(C)(C)C)cn3)c3ccc(C(C)(C)C)cn3)c3ccc4c(N(c5ccc(C)cn5)c5ccc(C(C)(C)C)cn5)cc(N(c5ccc(C(C)(C)C)cn5)c5ccc(C(C)(C)C)cn5)c5ccc2c3c45)nc1. The molecule has 12 nitrogen and oxygen atoms in total. The van der Waals surface area contributed by atoms with Gasteiger partial charge in [-0.25, -0.2) is 39.9 Å². The fraction of sp³-hybridized carbons (Fsp3) is 0.317. The molecule has 0 saturated carbocycles. The van der Waals surface area contributed by atoms with Gasteiger partial charge in [0.1, 0.15) is 46.5 Å². The molecule has 12 aromatic rings. The summed E-state index contributed by atoms with van der Waals surface area (Å²) >= 11 is 0. The van der Waals surface area contributed by atoms with Crippen LogP contribution in [0, 0.1) is 13.8 Å². The lowest BCUT2D eigenvalue weighted by Gasteiger charge is -2.33. The summed E-state index contributed by atoms with van der Waals surface area (Å²) in [5.41, 5.74) is 11.3. The zero-order valence-corrected chi connectivity index (χ0v) is 58.7. The lowest BCUT2D eigenvalue weighted by molar-refractivity contribution is 0.587. The van der Waals surface area contributed by atoms with Crippen molar-refractivity contribution in [3.63, 3.8) is 0 Å². The summed E-state index contributed by atoms with van der Waals surface area (Å²) in [6, 6.07) is 48.1. The van der Waals surface area contributed by atoms with Gasteiger partial charge in [-0.3, -0.25) is 19.6 Å². The van der Waals surface area contributed by atoms with Crippen LogP contribution in [-0.4, -0.2) is 39.9 Å². The van der Waals surface area contributed by atoms with E-state index < -0.39 is 0 Å². The van der Waals surface area contributed by atoms with Crippen LogP contribution in [0.3, 0.4) is 0 Å². The van der Waals surface area contributed by atoms with Crippen LogP contribution in [-0.2, 0) is 32.5 Å². The van der Waals surface area contributed by atoms with Crippen LogP contribution < -0.4 is 19.6 Å².